The molecule has 0 saturated carbocycles. The van der Waals surface area contributed by atoms with Crippen LogP contribution in [0.5, 0.6) is 0 Å². The number of amides is 1. The van der Waals surface area contributed by atoms with E-state index < -0.39 is 0 Å². The molecule has 1 aromatic rings. The van der Waals surface area contributed by atoms with Crippen molar-refractivity contribution in [3.05, 3.63) is 35.9 Å². The Morgan fingerprint density at radius 2 is 2.14 bits per heavy atom. The van der Waals surface area contributed by atoms with Gasteiger partial charge in [-0.1, -0.05) is 43.7 Å². The van der Waals surface area contributed by atoms with Gasteiger partial charge in [0.2, 0.25) is 5.91 Å². The van der Waals surface area contributed by atoms with Gasteiger partial charge in [-0.15, -0.1) is 0 Å². The average Bonchev–Trinajstić information content (AvgIpc) is 2.58. The van der Waals surface area contributed by atoms with Crippen LogP contribution in [0, 0.1) is 0 Å². The molecule has 0 aliphatic carbocycles. The third kappa shape index (κ3) is 5.75. The summed E-state index contributed by atoms with van der Waals surface area (Å²) in [5, 5.41) is 6.28. The van der Waals surface area contributed by atoms with Crippen molar-refractivity contribution in [1.82, 2.24) is 16.1 Å². The number of hydrogen-bond donors (Lipinski definition) is 3. The molecule has 1 unspecified atom stereocenters. The minimum atomic E-state index is -0.0996. The summed E-state index contributed by atoms with van der Waals surface area (Å²) >= 11 is 0. The summed E-state index contributed by atoms with van der Waals surface area (Å²) in [6.07, 6.45) is 3.98. The lowest BCUT2D eigenvalue weighted by atomic mass is 10.0. The summed E-state index contributed by atoms with van der Waals surface area (Å²) in [5.74, 6) is 0.0780. The second kappa shape index (κ2) is 9.56. The Bertz CT molecular complexity index is 431. The van der Waals surface area contributed by atoms with Gasteiger partial charge in [0.15, 0.2) is 0 Å². The number of benzene rings is 1. The molecule has 0 aromatic heterocycles. The van der Waals surface area contributed by atoms with E-state index >= 15 is 0 Å². The van der Waals surface area contributed by atoms with Gasteiger partial charge in [0.05, 0.1) is 12.6 Å². The fraction of sp³-hybridized carbons (Fsp3) is 0.588. The maximum absolute atomic E-state index is 12.2. The van der Waals surface area contributed by atoms with Crippen LogP contribution in [0.15, 0.2) is 30.3 Å². The van der Waals surface area contributed by atoms with E-state index in [1.165, 1.54) is 0 Å². The molecule has 5 nitrogen and oxygen atoms in total. The van der Waals surface area contributed by atoms with Gasteiger partial charge in [-0.05, 0) is 24.8 Å². The third-order valence-corrected chi connectivity index (χ3v) is 3.89. The van der Waals surface area contributed by atoms with E-state index in [-0.39, 0.29) is 18.0 Å². The lowest BCUT2D eigenvalue weighted by Gasteiger charge is -2.29. The molecule has 1 fully saturated rings. The number of rotatable bonds is 8. The molecular formula is C17H27N3O2. The topological polar surface area (TPSA) is 62.4 Å². The second-order valence-electron chi connectivity index (χ2n) is 5.76. The van der Waals surface area contributed by atoms with Crippen molar-refractivity contribution >= 4 is 5.91 Å². The Kier molecular flexibility index (Phi) is 7.36. The van der Waals surface area contributed by atoms with E-state index in [2.05, 4.69) is 23.0 Å². The highest BCUT2D eigenvalue weighted by molar-refractivity contribution is 5.81. The molecule has 2 rings (SSSR count). The largest absolute Gasteiger partial charge is 0.351 e. The van der Waals surface area contributed by atoms with Crippen molar-refractivity contribution < 1.29 is 9.63 Å². The molecule has 5 heteroatoms. The van der Waals surface area contributed by atoms with Crippen LogP contribution in [0.1, 0.15) is 38.2 Å². The Hall–Kier alpha value is -1.43. The van der Waals surface area contributed by atoms with Gasteiger partial charge in [0.25, 0.3) is 0 Å². The second-order valence-corrected chi connectivity index (χ2v) is 5.76. The molecular weight excluding hydrogens is 278 g/mol. The van der Waals surface area contributed by atoms with Crippen LogP contribution in [-0.2, 0) is 16.2 Å². The molecule has 122 valence electrons. The smallest absolute Gasteiger partial charge is 0.237 e. The van der Waals surface area contributed by atoms with E-state index in [4.69, 9.17) is 4.84 Å². The van der Waals surface area contributed by atoms with Crippen molar-refractivity contribution in [1.29, 1.82) is 0 Å². The molecule has 1 saturated heterocycles. The molecule has 1 heterocycles. The molecule has 3 N–H and O–H groups in total. The standard InChI is InChI=1S/C17H27N3O2/c1-2-3-11-22-20-15-9-10-16(18-13-15)17(21)19-12-14-7-5-4-6-8-14/h4-8,15-16,18,20H,2-3,9-13H2,1H3,(H,19,21)/t15?,16-/m0/s1. The normalized spacial score (nSPS) is 21.5. The predicted molar refractivity (Wildman–Crippen MR) is 87.1 cm³/mol. The number of carbonyl (C=O) groups is 1. The number of carbonyl (C=O) groups excluding carboxylic acids is 1. The van der Waals surface area contributed by atoms with E-state index in [0.717, 1.165) is 44.4 Å². The average molecular weight is 305 g/mol. The Morgan fingerprint density at radius 3 is 2.82 bits per heavy atom. The summed E-state index contributed by atoms with van der Waals surface area (Å²) < 4.78 is 0. The molecule has 1 aromatic carbocycles. The molecule has 22 heavy (non-hydrogen) atoms. The summed E-state index contributed by atoms with van der Waals surface area (Å²) in [6.45, 7) is 4.23. The zero-order chi connectivity index (χ0) is 15.6. The fourth-order valence-corrected chi connectivity index (χ4v) is 2.48. The maximum atomic E-state index is 12.2. The summed E-state index contributed by atoms with van der Waals surface area (Å²) in [6, 6.07) is 10.2. The number of hydrogen-bond acceptors (Lipinski definition) is 4. The van der Waals surface area contributed by atoms with Crippen LogP contribution in [0.4, 0.5) is 0 Å². The molecule has 2 atom stereocenters. The Morgan fingerprint density at radius 1 is 1.32 bits per heavy atom. The molecule has 1 amide bonds. The van der Waals surface area contributed by atoms with Crippen molar-refractivity contribution in [2.45, 2.75) is 51.2 Å². The fourth-order valence-electron chi connectivity index (χ4n) is 2.48. The van der Waals surface area contributed by atoms with Crippen LogP contribution in [0.25, 0.3) is 0 Å². The van der Waals surface area contributed by atoms with Gasteiger partial charge in [0, 0.05) is 19.1 Å². The van der Waals surface area contributed by atoms with Crippen LogP contribution >= 0.6 is 0 Å². The van der Waals surface area contributed by atoms with Crippen LogP contribution in [0.2, 0.25) is 0 Å². The minimum absolute atomic E-state index is 0.0780. The molecule has 1 aliphatic rings. The van der Waals surface area contributed by atoms with Crippen molar-refractivity contribution in [2.24, 2.45) is 0 Å². The molecule has 0 radical (unpaired) electrons. The van der Waals surface area contributed by atoms with Gasteiger partial charge in [-0.2, -0.15) is 5.48 Å². The van der Waals surface area contributed by atoms with Gasteiger partial charge >= 0.3 is 0 Å². The zero-order valence-electron chi connectivity index (χ0n) is 13.3. The first kappa shape index (κ1) is 16.9. The quantitative estimate of drug-likeness (QED) is 0.506. The number of hydroxylamine groups is 1. The minimum Gasteiger partial charge on any atom is -0.351 e. The predicted octanol–water partition coefficient (Wildman–Crippen LogP) is 1.74. The van der Waals surface area contributed by atoms with E-state index in [9.17, 15) is 4.79 Å². The van der Waals surface area contributed by atoms with Gasteiger partial charge in [-0.3, -0.25) is 4.79 Å². The van der Waals surface area contributed by atoms with E-state index in [1.54, 1.807) is 0 Å². The van der Waals surface area contributed by atoms with Crippen molar-refractivity contribution in [3.63, 3.8) is 0 Å². The van der Waals surface area contributed by atoms with Crippen LogP contribution in [0.3, 0.4) is 0 Å². The molecule has 0 spiro atoms. The lowest BCUT2D eigenvalue weighted by molar-refractivity contribution is -0.124. The maximum Gasteiger partial charge on any atom is 0.237 e. The van der Waals surface area contributed by atoms with Crippen LogP contribution in [-0.4, -0.2) is 31.1 Å². The third-order valence-electron chi connectivity index (χ3n) is 3.89. The Balaban J connectivity index is 1.62. The highest BCUT2D eigenvalue weighted by atomic mass is 16.6. The Labute approximate surface area is 132 Å². The van der Waals surface area contributed by atoms with E-state index in [0.29, 0.717) is 6.54 Å². The van der Waals surface area contributed by atoms with E-state index in [1.807, 2.05) is 30.3 Å². The van der Waals surface area contributed by atoms with Gasteiger partial charge in [-0.25, -0.2) is 0 Å². The first-order valence-corrected chi connectivity index (χ1v) is 8.22. The lowest BCUT2D eigenvalue weighted by Crippen LogP contribution is -2.53. The number of unbranched alkanes of at least 4 members (excludes halogenated alkanes) is 1. The van der Waals surface area contributed by atoms with Crippen molar-refractivity contribution in [3.8, 4) is 0 Å². The number of nitrogens with one attached hydrogen (secondary N) is 3. The highest BCUT2D eigenvalue weighted by Crippen LogP contribution is 2.09. The summed E-state index contributed by atoms with van der Waals surface area (Å²) in [7, 11) is 0. The highest BCUT2D eigenvalue weighted by Gasteiger charge is 2.25. The van der Waals surface area contributed by atoms with Crippen molar-refractivity contribution in [2.75, 3.05) is 13.2 Å². The first-order valence-electron chi connectivity index (χ1n) is 8.22. The van der Waals surface area contributed by atoms with Gasteiger partial charge in [0.1, 0.15) is 0 Å². The zero-order valence-corrected chi connectivity index (χ0v) is 13.3. The monoisotopic (exact) mass is 305 g/mol. The number of piperidine rings is 1. The summed E-state index contributed by atoms with van der Waals surface area (Å²) in [4.78, 5) is 17.6. The summed E-state index contributed by atoms with van der Waals surface area (Å²) in [5.41, 5.74) is 4.20. The SMILES string of the molecule is CCCCONC1CC[C@@H](C(=O)NCc2ccccc2)NC1. The first-order chi connectivity index (χ1) is 10.8. The molecule has 1 aliphatic heterocycles. The molecule has 0 bridgehead atoms. The van der Waals surface area contributed by atoms with Crippen LogP contribution < -0.4 is 16.1 Å². The van der Waals surface area contributed by atoms with Gasteiger partial charge < -0.3 is 15.5 Å².